The molecule has 1 aromatic carbocycles. The summed E-state index contributed by atoms with van der Waals surface area (Å²) < 4.78 is 40.3. The molecule has 3 nitrogen and oxygen atoms in total. The van der Waals surface area contributed by atoms with Crippen LogP contribution in [-0.4, -0.2) is 12.8 Å². The van der Waals surface area contributed by atoms with E-state index >= 15 is 0 Å². The average Bonchev–Trinajstić information content (AvgIpc) is 2.18. The van der Waals surface area contributed by atoms with Gasteiger partial charge in [-0.3, -0.25) is 0 Å². The van der Waals surface area contributed by atoms with E-state index in [0.29, 0.717) is 5.69 Å². The third kappa shape index (κ3) is 3.69. The molecule has 0 spiro atoms. The molecule has 0 atom stereocenters. The molecule has 0 heterocycles. The number of alkyl halides is 3. The zero-order valence-corrected chi connectivity index (χ0v) is 8.21. The third-order valence-corrected chi connectivity index (χ3v) is 1.77. The van der Waals surface area contributed by atoms with E-state index in [1.54, 1.807) is 0 Å². The Morgan fingerprint density at radius 2 is 2.06 bits per heavy atom. The maximum absolute atomic E-state index is 11.8. The molecule has 0 amide bonds. The Balaban J connectivity index is 2.59. The molecule has 0 saturated carbocycles. The summed E-state index contributed by atoms with van der Waals surface area (Å²) in [5, 5.41) is 0. The maximum atomic E-state index is 11.8. The van der Waals surface area contributed by atoms with Gasteiger partial charge < -0.3 is 10.5 Å². The second kappa shape index (κ2) is 4.75. The van der Waals surface area contributed by atoms with E-state index in [1.807, 2.05) is 0 Å². The topological polar surface area (TPSA) is 39.6 Å². The van der Waals surface area contributed by atoms with E-state index in [1.165, 1.54) is 18.2 Å². The lowest BCUT2D eigenvalue weighted by molar-refractivity contribution is -0.139. The first-order chi connectivity index (χ1) is 7.42. The van der Waals surface area contributed by atoms with Crippen molar-refractivity contribution >= 4 is 11.4 Å². The normalized spacial score (nSPS) is 10.9. The van der Waals surface area contributed by atoms with Gasteiger partial charge in [0.2, 0.25) is 0 Å². The number of ether oxygens (including phenoxy) is 1. The van der Waals surface area contributed by atoms with Gasteiger partial charge in [-0.25, -0.2) is 4.85 Å². The Kier molecular flexibility index (Phi) is 3.61. The van der Waals surface area contributed by atoms with Gasteiger partial charge in [0.25, 0.3) is 0 Å². The molecule has 6 heteroatoms. The molecule has 2 N–H and O–H groups in total. The second-order valence-corrected chi connectivity index (χ2v) is 3.05. The summed E-state index contributed by atoms with van der Waals surface area (Å²) in [6.45, 7) is 6.23. The van der Waals surface area contributed by atoms with Crippen molar-refractivity contribution in [2.24, 2.45) is 0 Å². The van der Waals surface area contributed by atoms with E-state index in [2.05, 4.69) is 4.85 Å². The molecule has 16 heavy (non-hydrogen) atoms. The summed E-state index contributed by atoms with van der Waals surface area (Å²) in [5.41, 5.74) is 5.98. The predicted molar refractivity (Wildman–Crippen MR) is 53.3 cm³/mol. The van der Waals surface area contributed by atoms with Crippen LogP contribution in [0.4, 0.5) is 24.5 Å². The monoisotopic (exact) mass is 230 g/mol. The van der Waals surface area contributed by atoms with Gasteiger partial charge >= 0.3 is 6.18 Å². The molecular weight excluding hydrogens is 221 g/mol. The van der Waals surface area contributed by atoms with Crippen molar-refractivity contribution in [3.8, 4) is 5.75 Å². The molecule has 0 aliphatic rings. The first kappa shape index (κ1) is 12.2. The van der Waals surface area contributed by atoms with Gasteiger partial charge in [-0.05, 0) is 12.1 Å². The highest BCUT2D eigenvalue weighted by Gasteiger charge is 2.26. The SMILES string of the molecule is [C-]#[N+]c1ccc(OCCC(F)(F)F)c(N)c1. The highest BCUT2D eigenvalue weighted by atomic mass is 19.4. The van der Waals surface area contributed by atoms with Crippen molar-refractivity contribution in [3.63, 3.8) is 0 Å². The van der Waals surface area contributed by atoms with Gasteiger partial charge in [0.05, 0.1) is 25.3 Å². The van der Waals surface area contributed by atoms with Crippen LogP contribution in [0.15, 0.2) is 18.2 Å². The number of halogens is 3. The van der Waals surface area contributed by atoms with Crippen molar-refractivity contribution in [2.45, 2.75) is 12.6 Å². The van der Waals surface area contributed by atoms with E-state index in [0.717, 1.165) is 0 Å². The van der Waals surface area contributed by atoms with Crippen LogP contribution in [-0.2, 0) is 0 Å². The lowest BCUT2D eigenvalue weighted by Crippen LogP contribution is -2.13. The fraction of sp³-hybridized carbons (Fsp3) is 0.300. The van der Waals surface area contributed by atoms with Gasteiger partial charge in [-0.2, -0.15) is 13.2 Å². The molecule has 0 fully saturated rings. The van der Waals surface area contributed by atoms with Gasteiger partial charge in [0.15, 0.2) is 5.69 Å². The summed E-state index contributed by atoms with van der Waals surface area (Å²) >= 11 is 0. The minimum Gasteiger partial charge on any atom is -0.491 e. The fourth-order valence-corrected chi connectivity index (χ4v) is 1.01. The Morgan fingerprint density at radius 1 is 1.38 bits per heavy atom. The highest BCUT2D eigenvalue weighted by molar-refractivity contribution is 5.62. The molecule has 0 aliphatic heterocycles. The van der Waals surface area contributed by atoms with Gasteiger partial charge in [0, 0.05) is 0 Å². The van der Waals surface area contributed by atoms with E-state index in [4.69, 9.17) is 17.0 Å². The largest absolute Gasteiger partial charge is 0.491 e. The van der Waals surface area contributed by atoms with Crippen LogP contribution in [0.5, 0.6) is 5.75 Å². The number of hydrogen-bond acceptors (Lipinski definition) is 2. The third-order valence-electron chi connectivity index (χ3n) is 1.77. The van der Waals surface area contributed by atoms with Crippen LogP contribution in [0, 0.1) is 6.57 Å². The quantitative estimate of drug-likeness (QED) is 0.640. The summed E-state index contributed by atoms with van der Waals surface area (Å²) in [7, 11) is 0. The lowest BCUT2D eigenvalue weighted by Gasteiger charge is -2.10. The summed E-state index contributed by atoms with van der Waals surface area (Å²) in [6, 6.07) is 4.18. The van der Waals surface area contributed by atoms with Crippen molar-refractivity contribution in [1.82, 2.24) is 0 Å². The van der Waals surface area contributed by atoms with Crippen molar-refractivity contribution in [2.75, 3.05) is 12.3 Å². The molecular formula is C10H9F3N2O. The van der Waals surface area contributed by atoms with Gasteiger partial charge in [-0.15, -0.1) is 0 Å². The van der Waals surface area contributed by atoms with Crippen LogP contribution in [0.2, 0.25) is 0 Å². The number of hydrogen-bond donors (Lipinski definition) is 1. The summed E-state index contributed by atoms with van der Waals surface area (Å²) in [6.07, 6.45) is -5.28. The lowest BCUT2D eigenvalue weighted by atomic mass is 10.2. The van der Waals surface area contributed by atoms with E-state index in [-0.39, 0.29) is 11.4 Å². The molecule has 0 radical (unpaired) electrons. The minimum absolute atomic E-state index is 0.163. The van der Waals surface area contributed by atoms with Crippen LogP contribution in [0.25, 0.3) is 4.85 Å². The Hall–Kier alpha value is -1.90. The molecule has 1 aromatic rings. The number of rotatable bonds is 3. The standard InChI is InChI=1S/C10H9F3N2O/c1-15-7-2-3-9(8(14)6-7)16-5-4-10(11,12)13/h2-3,6H,4-5,14H2. The maximum Gasteiger partial charge on any atom is 0.392 e. The first-order valence-corrected chi connectivity index (χ1v) is 4.39. The fourth-order valence-electron chi connectivity index (χ4n) is 1.01. The van der Waals surface area contributed by atoms with Crippen molar-refractivity contribution in [1.29, 1.82) is 0 Å². The number of nitrogens with zero attached hydrogens (tertiary/aromatic N) is 1. The molecule has 0 bridgehead atoms. The predicted octanol–water partition coefficient (Wildman–Crippen LogP) is 3.15. The van der Waals surface area contributed by atoms with Crippen molar-refractivity contribution in [3.05, 3.63) is 29.6 Å². The van der Waals surface area contributed by atoms with Crippen LogP contribution < -0.4 is 10.5 Å². The zero-order valence-electron chi connectivity index (χ0n) is 8.21. The Labute approximate surface area is 90.4 Å². The Morgan fingerprint density at radius 3 is 2.56 bits per heavy atom. The van der Waals surface area contributed by atoms with E-state index in [9.17, 15) is 13.2 Å². The molecule has 0 saturated heterocycles. The molecule has 0 aliphatic carbocycles. The van der Waals surface area contributed by atoms with Crippen molar-refractivity contribution < 1.29 is 17.9 Å². The van der Waals surface area contributed by atoms with Crippen LogP contribution >= 0.6 is 0 Å². The second-order valence-electron chi connectivity index (χ2n) is 3.05. The number of anilines is 1. The van der Waals surface area contributed by atoms with Crippen LogP contribution in [0.1, 0.15) is 6.42 Å². The molecule has 0 unspecified atom stereocenters. The molecule has 0 aromatic heterocycles. The van der Waals surface area contributed by atoms with Gasteiger partial charge in [0.1, 0.15) is 5.75 Å². The smallest absolute Gasteiger partial charge is 0.392 e. The number of nitrogen functional groups attached to an aromatic ring is 1. The first-order valence-electron chi connectivity index (χ1n) is 4.39. The minimum atomic E-state index is -4.24. The zero-order chi connectivity index (χ0) is 12.2. The number of nitrogens with two attached hydrogens (primary N) is 1. The highest BCUT2D eigenvalue weighted by Crippen LogP contribution is 2.27. The Bertz CT molecular complexity index is 410. The number of benzene rings is 1. The summed E-state index contributed by atoms with van der Waals surface area (Å²) in [5.74, 6) is 0.164. The van der Waals surface area contributed by atoms with Gasteiger partial charge in [-0.1, -0.05) is 6.07 Å². The summed E-state index contributed by atoms with van der Waals surface area (Å²) in [4.78, 5) is 3.13. The molecule has 86 valence electrons. The average molecular weight is 230 g/mol. The van der Waals surface area contributed by atoms with Crippen LogP contribution in [0.3, 0.4) is 0 Å². The molecule has 1 rings (SSSR count). The van der Waals surface area contributed by atoms with E-state index < -0.39 is 19.2 Å².